The summed E-state index contributed by atoms with van der Waals surface area (Å²) in [5.74, 6) is -0.249. The second-order valence-corrected chi connectivity index (χ2v) is 5.79. The second kappa shape index (κ2) is 5.44. The van der Waals surface area contributed by atoms with Crippen LogP contribution in [0, 0.1) is 6.92 Å². The third-order valence-electron chi connectivity index (χ3n) is 4.51. The van der Waals surface area contributed by atoms with E-state index in [4.69, 9.17) is 4.74 Å². The molecule has 4 heteroatoms. The maximum atomic E-state index is 11.7. The minimum atomic E-state index is -0.249. The molecule has 2 aliphatic rings. The quantitative estimate of drug-likeness (QED) is 0.790. The number of benzene rings is 1. The third-order valence-corrected chi connectivity index (χ3v) is 4.51. The normalized spacial score (nSPS) is 20.0. The first kappa shape index (κ1) is 13.4. The van der Waals surface area contributed by atoms with Crippen molar-refractivity contribution >= 4 is 11.7 Å². The Bertz CT molecular complexity index is 503. The van der Waals surface area contributed by atoms with E-state index >= 15 is 0 Å². The molecular formula is C16H22N2O2. The van der Waals surface area contributed by atoms with Crippen molar-refractivity contribution in [1.29, 1.82) is 0 Å². The van der Waals surface area contributed by atoms with Crippen LogP contribution in [-0.4, -0.2) is 50.2 Å². The molecule has 0 unspecified atom stereocenters. The van der Waals surface area contributed by atoms with E-state index < -0.39 is 0 Å². The van der Waals surface area contributed by atoms with Crippen molar-refractivity contribution < 1.29 is 9.53 Å². The number of nitrogens with zero attached hydrogens (tertiary/aromatic N) is 2. The lowest BCUT2D eigenvalue weighted by atomic mass is 10.0. The summed E-state index contributed by atoms with van der Waals surface area (Å²) in [6, 6.07) is 6.76. The van der Waals surface area contributed by atoms with E-state index in [1.807, 2.05) is 19.1 Å². The molecule has 0 spiro atoms. The predicted octanol–water partition coefficient (Wildman–Crippen LogP) is 2.07. The number of esters is 1. The number of rotatable bonds is 3. The first-order chi connectivity index (χ1) is 9.69. The van der Waals surface area contributed by atoms with Crippen molar-refractivity contribution in [2.45, 2.75) is 25.8 Å². The second-order valence-electron chi connectivity index (χ2n) is 5.79. The molecule has 0 atom stereocenters. The number of carbonyl (C=O) groups excluding carboxylic acids is 1. The van der Waals surface area contributed by atoms with Crippen LogP contribution in [0.25, 0.3) is 0 Å². The van der Waals surface area contributed by atoms with Crippen molar-refractivity contribution in [3.05, 3.63) is 29.3 Å². The predicted molar refractivity (Wildman–Crippen MR) is 79.3 cm³/mol. The molecule has 0 amide bonds. The van der Waals surface area contributed by atoms with Crippen LogP contribution >= 0.6 is 0 Å². The van der Waals surface area contributed by atoms with Crippen LogP contribution < -0.4 is 4.90 Å². The zero-order valence-electron chi connectivity index (χ0n) is 12.3. The summed E-state index contributed by atoms with van der Waals surface area (Å²) in [7, 11) is 1.43. The van der Waals surface area contributed by atoms with E-state index in [0.29, 0.717) is 11.6 Å². The van der Waals surface area contributed by atoms with E-state index in [2.05, 4.69) is 15.9 Å². The van der Waals surface area contributed by atoms with Crippen molar-refractivity contribution in [2.75, 3.05) is 38.2 Å². The van der Waals surface area contributed by atoms with Crippen LogP contribution in [0.4, 0.5) is 5.69 Å². The zero-order valence-corrected chi connectivity index (χ0v) is 12.3. The number of hydrogen-bond acceptors (Lipinski definition) is 4. The highest BCUT2D eigenvalue weighted by atomic mass is 16.5. The van der Waals surface area contributed by atoms with Crippen molar-refractivity contribution in [1.82, 2.24) is 4.90 Å². The van der Waals surface area contributed by atoms with Gasteiger partial charge in [-0.3, -0.25) is 4.90 Å². The van der Waals surface area contributed by atoms with Crippen molar-refractivity contribution in [3.63, 3.8) is 0 Å². The Morgan fingerprint density at radius 2 is 1.95 bits per heavy atom. The van der Waals surface area contributed by atoms with Crippen molar-refractivity contribution in [2.24, 2.45) is 0 Å². The number of anilines is 1. The SMILES string of the molecule is COC(=O)c1cc(N2CC(N3CCCC3)C2)ccc1C. The fourth-order valence-electron chi connectivity index (χ4n) is 3.14. The highest BCUT2D eigenvalue weighted by Crippen LogP contribution is 2.27. The fourth-order valence-corrected chi connectivity index (χ4v) is 3.14. The summed E-state index contributed by atoms with van der Waals surface area (Å²) < 4.78 is 4.84. The summed E-state index contributed by atoms with van der Waals surface area (Å²) >= 11 is 0. The molecule has 2 aliphatic heterocycles. The van der Waals surface area contributed by atoms with E-state index in [1.54, 1.807) is 0 Å². The number of carbonyl (C=O) groups is 1. The van der Waals surface area contributed by atoms with Gasteiger partial charge in [0.1, 0.15) is 0 Å². The average molecular weight is 274 g/mol. The summed E-state index contributed by atoms with van der Waals surface area (Å²) in [4.78, 5) is 16.7. The largest absolute Gasteiger partial charge is 0.465 e. The molecule has 1 aromatic rings. The van der Waals surface area contributed by atoms with Gasteiger partial charge in [-0.05, 0) is 50.6 Å². The Labute approximate surface area is 120 Å². The third kappa shape index (κ3) is 2.40. The van der Waals surface area contributed by atoms with Gasteiger partial charge < -0.3 is 9.64 Å². The highest BCUT2D eigenvalue weighted by molar-refractivity contribution is 5.92. The monoisotopic (exact) mass is 274 g/mol. The van der Waals surface area contributed by atoms with Gasteiger partial charge >= 0.3 is 5.97 Å². The molecule has 1 aromatic carbocycles. The molecule has 2 heterocycles. The Morgan fingerprint density at radius 3 is 2.60 bits per heavy atom. The molecule has 0 N–H and O–H groups in total. The molecule has 2 saturated heterocycles. The van der Waals surface area contributed by atoms with Crippen LogP contribution in [0.5, 0.6) is 0 Å². The van der Waals surface area contributed by atoms with Crippen LogP contribution in [0.1, 0.15) is 28.8 Å². The van der Waals surface area contributed by atoms with E-state index in [9.17, 15) is 4.79 Å². The lowest BCUT2D eigenvalue weighted by molar-refractivity contribution is 0.0600. The average Bonchev–Trinajstić information content (AvgIpc) is 2.92. The Kier molecular flexibility index (Phi) is 3.66. The molecule has 0 bridgehead atoms. The molecule has 0 aromatic heterocycles. The minimum Gasteiger partial charge on any atom is -0.465 e. The van der Waals surface area contributed by atoms with E-state index in [1.165, 1.54) is 33.0 Å². The van der Waals surface area contributed by atoms with Crippen LogP contribution in [0.3, 0.4) is 0 Å². The van der Waals surface area contributed by atoms with Gasteiger partial charge in [0.2, 0.25) is 0 Å². The first-order valence-corrected chi connectivity index (χ1v) is 7.37. The van der Waals surface area contributed by atoms with Crippen LogP contribution in [-0.2, 0) is 4.74 Å². The van der Waals surface area contributed by atoms with Gasteiger partial charge in [0.25, 0.3) is 0 Å². The lowest BCUT2D eigenvalue weighted by Gasteiger charge is -2.45. The van der Waals surface area contributed by atoms with Gasteiger partial charge in [0.05, 0.1) is 12.7 Å². The molecule has 108 valence electrons. The number of likely N-dealkylation sites (tertiary alicyclic amines) is 1. The summed E-state index contributed by atoms with van der Waals surface area (Å²) in [5.41, 5.74) is 2.78. The molecule has 4 nitrogen and oxygen atoms in total. The Morgan fingerprint density at radius 1 is 1.25 bits per heavy atom. The molecule has 3 rings (SSSR count). The maximum Gasteiger partial charge on any atom is 0.338 e. The van der Waals surface area contributed by atoms with Crippen molar-refractivity contribution in [3.8, 4) is 0 Å². The standard InChI is InChI=1S/C16H22N2O2/c1-12-5-6-13(9-15(12)16(19)20-2)18-10-14(11-18)17-7-3-4-8-17/h5-6,9,14H,3-4,7-8,10-11H2,1-2H3. The van der Waals surface area contributed by atoms with Gasteiger partial charge in [0, 0.05) is 24.8 Å². The van der Waals surface area contributed by atoms with Gasteiger partial charge in [-0.25, -0.2) is 4.79 Å². The fraction of sp³-hybridized carbons (Fsp3) is 0.562. The van der Waals surface area contributed by atoms with E-state index in [0.717, 1.165) is 24.3 Å². The number of hydrogen-bond donors (Lipinski definition) is 0. The first-order valence-electron chi connectivity index (χ1n) is 7.37. The van der Waals surface area contributed by atoms with Crippen LogP contribution in [0.15, 0.2) is 18.2 Å². The lowest BCUT2D eigenvalue weighted by Crippen LogP contribution is -2.58. The molecule has 0 saturated carbocycles. The van der Waals surface area contributed by atoms with Gasteiger partial charge in [-0.1, -0.05) is 6.07 Å². The van der Waals surface area contributed by atoms with Gasteiger partial charge in [0.15, 0.2) is 0 Å². The zero-order chi connectivity index (χ0) is 14.1. The van der Waals surface area contributed by atoms with E-state index in [-0.39, 0.29) is 5.97 Å². The highest BCUT2D eigenvalue weighted by Gasteiger charge is 2.33. The Hall–Kier alpha value is -1.55. The number of methoxy groups -OCH3 is 1. The number of ether oxygens (including phenoxy) is 1. The molecule has 2 fully saturated rings. The molecule has 0 radical (unpaired) electrons. The maximum absolute atomic E-state index is 11.7. The molecular weight excluding hydrogens is 252 g/mol. The summed E-state index contributed by atoms with van der Waals surface area (Å²) in [6.45, 7) is 6.59. The molecule has 0 aliphatic carbocycles. The minimum absolute atomic E-state index is 0.249. The topological polar surface area (TPSA) is 32.8 Å². The summed E-state index contributed by atoms with van der Waals surface area (Å²) in [5, 5.41) is 0. The van der Waals surface area contributed by atoms with Crippen LogP contribution in [0.2, 0.25) is 0 Å². The summed E-state index contributed by atoms with van der Waals surface area (Å²) in [6.07, 6.45) is 2.68. The van der Waals surface area contributed by atoms with Gasteiger partial charge in [-0.15, -0.1) is 0 Å². The van der Waals surface area contributed by atoms with Gasteiger partial charge in [-0.2, -0.15) is 0 Å². The number of aryl methyl sites for hydroxylation is 1. The smallest absolute Gasteiger partial charge is 0.338 e. The molecule has 20 heavy (non-hydrogen) atoms. The Balaban J connectivity index is 1.68.